The molecule has 1 heterocycles. The lowest BCUT2D eigenvalue weighted by atomic mass is 10.1. The van der Waals surface area contributed by atoms with Crippen LogP contribution in [0, 0.1) is 5.92 Å². The molecule has 2 rings (SSSR count). The molecule has 1 aromatic rings. The number of nitrogens with one attached hydrogen (secondary N) is 1. The van der Waals surface area contributed by atoms with Gasteiger partial charge in [-0.2, -0.15) is 0 Å². The van der Waals surface area contributed by atoms with Gasteiger partial charge in [-0.15, -0.1) is 11.3 Å². The van der Waals surface area contributed by atoms with Gasteiger partial charge in [-0.3, -0.25) is 0 Å². The zero-order valence-corrected chi connectivity index (χ0v) is 12.9. The third kappa shape index (κ3) is 3.53. The summed E-state index contributed by atoms with van der Waals surface area (Å²) >= 11 is 8.73. The minimum Gasteiger partial charge on any atom is -0.393 e. The zero-order valence-electron chi connectivity index (χ0n) is 8.88. The number of aliphatic hydroxyl groups excluding tert-OH is 1. The molecule has 0 aliphatic heterocycles. The number of rotatable bonds is 4. The molecule has 16 heavy (non-hydrogen) atoms. The van der Waals surface area contributed by atoms with Crippen LogP contribution in [0.25, 0.3) is 0 Å². The van der Waals surface area contributed by atoms with Crippen LogP contribution in [-0.2, 0) is 6.54 Å². The second kappa shape index (κ2) is 5.96. The number of hydrogen-bond donors (Lipinski definition) is 2. The molecule has 0 saturated heterocycles. The Balaban J connectivity index is 1.72. The van der Waals surface area contributed by atoms with Crippen molar-refractivity contribution in [3.63, 3.8) is 0 Å². The van der Waals surface area contributed by atoms with Crippen molar-refractivity contribution in [2.45, 2.75) is 31.9 Å². The first-order valence-electron chi connectivity index (χ1n) is 5.47. The smallest absolute Gasteiger partial charge is 0.0843 e. The van der Waals surface area contributed by atoms with Gasteiger partial charge in [0, 0.05) is 15.9 Å². The van der Waals surface area contributed by atoms with Gasteiger partial charge < -0.3 is 10.4 Å². The lowest BCUT2D eigenvalue weighted by Gasteiger charge is -2.09. The third-order valence-electron chi connectivity index (χ3n) is 2.94. The predicted octanol–water partition coefficient (Wildman–Crippen LogP) is 3.52. The van der Waals surface area contributed by atoms with Crippen LogP contribution in [0.1, 0.15) is 24.1 Å². The molecule has 2 unspecified atom stereocenters. The average Bonchev–Trinajstić information content (AvgIpc) is 2.75. The molecular formula is C11H15Br2NOS. The first-order chi connectivity index (χ1) is 7.65. The third-order valence-corrected chi connectivity index (χ3v) is 6.20. The van der Waals surface area contributed by atoms with Crippen molar-refractivity contribution in [1.82, 2.24) is 5.32 Å². The molecule has 2 nitrogen and oxygen atoms in total. The Morgan fingerprint density at radius 1 is 1.44 bits per heavy atom. The van der Waals surface area contributed by atoms with E-state index in [0.29, 0.717) is 5.92 Å². The summed E-state index contributed by atoms with van der Waals surface area (Å²) in [6, 6.07) is 2.14. The highest BCUT2D eigenvalue weighted by Gasteiger charge is 2.22. The maximum atomic E-state index is 9.42. The molecule has 0 aromatic carbocycles. The minimum absolute atomic E-state index is 0.0585. The first-order valence-corrected chi connectivity index (χ1v) is 7.88. The zero-order chi connectivity index (χ0) is 11.5. The summed E-state index contributed by atoms with van der Waals surface area (Å²) in [5.74, 6) is 0.654. The number of thiophene rings is 1. The van der Waals surface area contributed by atoms with Crippen LogP contribution in [0.15, 0.2) is 14.3 Å². The Hall–Kier alpha value is 0.580. The second-order valence-electron chi connectivity index (χ2n) is 4.30. The van der Waals surface area contributed by atoms with Gasteiger partial charge in [-0.1, -0.05) is 0 Å². The molecule has 1 saturated carbocycles. The van der Waals surface area contributed by atoms with Crippen molar-refractivity contribution >= 4 is 43.2 Å². The summed E-state index contributed by atoms with van der Waals surface area (Å²) in [4.78, 5) is 1.33. The van der Waals surface area contributed by atoms with Crippen molar-refractivity contribution in [2.24, 2.45) is 5.92 Å². The Morgan fingerprint density at radius 3 is 2.81 bits per heavy atom. The van der Waals surface area contributed by atoms with Gasteiger partial charge in [0.1, 0.15) is 0 Å². The summed E-state index contributed by atoms with van der Waals surface area (Å²) in [5.41, 5.74) is 0. The van der Waals surface area contributed by atoms with Crippen LogP contribution in [0.3, 0.4) is 0 Å². The molecule has 0 spiro atoms. The van der Waals surface area contributed by atoms with Crippen LogP contribution in [-0.4, -0.2) is 17.8 Å². The fraction of sp³-hybridized carbons (Fsp3) is 0.636. The van der Waals surface area contributed by atoms with E-state index in [2.05, 4.69) is 43.2 Å². The monoisotopic (exact) mass is 367 g/mol. The maximum Gasteiger partial charge on any atom is 0.0843 e. The van der Waals surface area contributed by atoms with E-state index in [4.69, 9.17) is 0 Å². The van der Waals surface area contributed by atoms with Gasteiger partial charge in [0.2, 0.25) is 0 Å². The lowest BCUT2D eigenvalue weighted by molar-refractivity contribution is 0.177. The molecule has 5 heteroatoms. The number of hydrogen-bond acceptors (Lipinski definition) is 3. The molecule has 2 atom stereocenters. The number of aliphatic hydroxyl groups is 1. The Bertz CT molecular complexity index is 336. The van der Waals surface area contributed by atoms with Crippen molar-refractivity contribution in [2.75, 3.05) is 6.54 Å². The highest BCUT2D eigenvalue weighted by molar-refractivity contribution is 9.13. The van der Waals surface area contributed by atoms with Gasteiger partial charge in [-0.05, 0) is 69.7 Å². The maximum absolute atomic E-state index is 9.42. The van der Waals surface area contributed by atoms with E-state index in [0.717, 1.165) is 40.6 Å². The van der Waals surface area contributed by atoms with Crippen LogP contribution < -0.4 is 5.32 Å². The van der Waals surface area contributed by atoms with Gasteiger partial charge >= 0.3 is 0 Å². The summed E-state index contributed by atoms with van der Waals surface area (Å²) in [6.45, 7) is 1.94. The summed E-state index contributed by atoms with van der Waals surface area (Å²) in [5, 5.41) is 12.9. The topological polar surface area (TPSA) is 32.3 Å². The minimum atomic E-state index is -0.0585. The predicted molar refractivity (Wildman–Crippen MR) is 74.8 cm³/mol. The van der Waals surface area contributed by atoms with Crippen molar-refractivity contribution in [3.05, 3.63) is 19.2 Å². The molecule has 1 aliphatic rings. The van der Waals surface area contributed by atoms with E-state index in [1.807, 2.05) is 0 Å². The van der Waals surface area contributed by atoms with E-state index in [-0.39, 0.29) is 6.10 Å². The normalized spacial score (nSPS) is 25.2. The summed E-state index contributed by atoms with van der Waals surface area (Å²) < 4.78 is 2.28. The van der Waals surface area contributed by atoms with E-state index >= 15 is 0 Å². The molecule has 1 aliphatic carbocycles. The summed E-state index contributed by atoms with van der Waals surface area (Å²) in [7, 11) is 0. The lowest BCUT2D eigenvalue weighted by Crippen LogP contribution is -2.20. The number of halogens is 2. The fourth-order valence-electron chi connectivity index (χ4n) is 2.11. The SMILES string of the molecule is OC1CCC(CNCc2cc(Br)c(Br)s2)C1. The molecule has 0 bridgehead atoms. The van der Waals surface area contributed by atoms with Crippen LogP contribution in [0.2, 0.25) is 0 Å². The standard InChI is InChI=1S/C11H15Br2NOS/c12-10-4-9(16-11(10)13)6-14-5-7-1-2-8(15)3-7/h4,7-8,14-15H,1-3,5-6H2. The van der Waals surface area contributed by atoms with Crippen LogP contribution in [0.5, 0.6) is 0 Å². The van der Waals surface area contributed by atoms with Crippen molar-refractivity contribution < 1.29 is 5.11 Å². The highest BCUT2D eigenvalue weighted by atomic mass is 79.9. The molecule has 2 N–H and O–H groups in total. The van der Waals surface area contributed by atoms with E-state index in [1.54, 1.807) is 11.3 Å². The summed E-state index contributed by atoms with van der Waals surface area (Å²) in [6.07, 6.45) is 3.04. The van der Waals surface area contributed by atoms with E-state index in [1.165, 1.54) is 4.88 Å². The Morgan fingerprint density at radius 2 is 2.25 bits per heavy atom. The quantitative estimate of drug-likeness (QED) is 0.852. The Labute approximate surface area is 117 Å². The van der Waals surface area contributed by atoms with Gasteiger partial charge in [0.15, 0.2) is 0 Å². The van der Waals surface area contributed by atoms with Gasteiger partial charge in [-0.25, -0.2) is 0 Å². The molecule has 90 valence electrons. The average molecular weight is 369 g/mol. The molecule has 0 radical (unpaired) electrons. The fourth-order valence-corrected chi connectivity index (χ4v) is 4.26. The molecule has 0 amide bonds. The highest BCUT2D eigenvalue weighted by Crippen LogP contribution is 2.32. The molecule has 1 aromatic heterocycles. The first kappa shape index (κ1) is 13.0. The van der Waals surface area contributed by atoms with Gasteiger partial charge in [0.25, 0.3) is 0 Å². The Kier molecular flexibility index (Phi) is 4.85. The van der Waals surface area contributed by atoms with Crippen molar-refractivity contribution in [1.29, 1.82) is 0 Å². The van der Waals surface area contributed by atoms with Gasteiger partial charge in [0.05, 0.1) is 9.89 Å². The van der Waals surface area contributed by atoms with E-state index < -0.39 is 0 Å². The second-order valence-corrected chi connectivity index (χ2v) is 7.61. The molecule has 1 fully saturated rings. The largest absolute Gasteiger partial charge is 0.393 e. The van der Waals surface area contributed by atoms with E-state index in [9.17, 15) is 5.11 Å². The van der Waals surface area contributed by atoms with Crippen LogP contribution >= 0.6 is 43.2 Å². The van der Waals surface area contributed by atoms with Crippen molar-refractivity contribution in [3.8, 4) is 0 Å². The molecular weight excluding hydrogens is 354 g/mol. The van der Waals surface area contributed by atoms with Crippen LogP contribution in [0.4, 0.5) is 0 Å².